The molecule has 6 nitrogen and oxygen atoms in total. The molecule has 1 saturated heterocycles. The van der Waals surface area contributed by atoms with Gasteiger partial charge in [-0.05, 0) is 42.0 Å². The Morgan fingerprint density at radius 2 is 2.17 bits per heavy atom. The maximum Gasteiger partial charge on any atom is 0.263 e. The highest BCUT2D eigenvalue weighted by molar-refractivity contribution is 7.12. The number of aryl methyl sites for hydroxylation is 1. The predicted octanol–water partition coefficient (Wildman–Crippen LogP) is 3.38. The lowest BCUT2D eigenvalue weighted by molar-refractivity contribution is -0.126. The second kappa shape index (κ2) is 8.79. The highest BCUT2D eigenvalue weighted by Crippen LogP contribution is 2.25. The molecule has 3 heterocycles. The Labute approximate surface area is 178 Å². The third-order valence-corrected chi connectivity index (χ3v) is 6.25. The summed E-state index contributed by atoms with van der Waals surface area (Å²) in [6.45, 7) is 1.02. The fraction of sp³-hybridized carbons (Fsp3) is 0.318. The van der Waals surface area contributed by atoms with Crippen LogP contribution in [0.5, 0.6) is 0 Å². The van der Waals surface area contributed by atoms with Gasteiger partial charge in [0.05, 0.1) is 10.8 Å². The molecule has 0 bridgehead atoms. The standard InChI is InChI=1S/C22H23FN4O2S/c1-26-11-9-24-20(26)19(15-5-2-7-17(23)13-15)25-21(28)16-6-3-10-27(14-16)22(29)18-8-4-12-30-18/h2,4-5,7-9,11-13,16,19H,3,6,10,14H2,1H3,(H,25,28)/t16-,19-/m1/s1. The largest absolute Gasteiger partial charge is 0.342 e. The molecular weight excluding hydrogens is 403 g/mol. The molecule has 0 spiro atoms. The molecule has 0 aliphatic carbocycles. The van der Waals surface area contributed by atoms with Gasteiger partial charge in [-0.2, -0.15) is 0 Å². The van der Waals surface area contributed by atoms with E-state index in [0.717, 1.165) is 6.42 Å². The molecular formula is C22H23FN4O2S. The summed E-state index contributed by atoms with van der Waals surface area (Å²) >= 11 is 1.41. The number of carbonyl (C=O) groups excluding carboxylic acids is 2. The zero-order chi connectivity index (χ0) is 21.1. The van der Waals surface area contributed by atoms with Crippen LogP contribution in [-0.4, -0.2) is 39.4 Å². The highest BCUT2D eigenvalue weighted by atomic mass is 32.1. The van der Waals surface area contributed by atoms with Gasteiger partial charge < -0.3 is 14.8 Å². The molecule has 2 amide bonds. The molecule has 2 atom stereocenters. The van der Waals surface area contributed by atoms with Crippen molar-refractivity contribution in [1.82, 2.24) is 19.8 Å². The third kappa shape index (κ3) is 4.28. The summed E-state index contributed by atoms with van der Waals surface area (Å²) in [5, 5.41) is 4.92. The lowest BCUT2D eigenvalue weighted by Crippen LogP contribution is -2.46. The van der Waals surface area contributed by atoms with Crippen molar-refractivity contribution in [3.05, 3.63) is 76.3 Å². The summed E-state index contributed by atoms with van der Waals surface area (Å²) < 4.78 is 15.7. The van der Waals surface area contributed by atoms with Gasteiger partial charge in [0.1, 0.15) is 17.7 Å². The fourth-order valence-corrected chi connectivity index (χ4v) is 4.52. The molecule has 1 N–H and O–H groups in total. The van der Waals surface area contributed by atoms with E-state index in [9.17, 15) is 14.0 Å². The van der Waals surface area contributed by atoms with E-state index < -0.39 is 6.04 Å². The summed E-state index contributed by atoms with van der Waals surface area (Å²) in [5.41, 5.74) is 0.625. The Balaban J connectivity index is 1.52. The summed E-state index contributed by atoms with van der Waals surface area (Å²) in [7, 11) is 1.84. The molecule has 4 rings (SSSR count). The van der Waals surface area contributed by atoms with Gasteiger partial charge in [-0.25, -0.2) is 9.37 Å². The Morgan fingerprint density at radius 1 is 1.30 bits per heavy atom. The van der Waals surface area contributed by atoms with E-state index in [1.54, 1.807) is 35.5 Å². The SMILES string of the molecule is Cn1ccnc1[C@H](NC(=O)[C@@H]1CCCN(C(=O)c2cccs2)C1)c1cccc(F)c1. The molecule has 0 saturated carbocycles. The summed E-state index contributed by atoms with van der Waals surface area (Å²) in [6, 6.07) is 9.26. The first-order valence-corrected chi connectivity index (χ1v) is 10.8. The van der Waals surface area contributed by atoms with Crippen LogP contribution in [0.15, 0.2) is 54.2 Å². The van der Waals surface area contributed by atoms with Crippen molar-refractivity contribution in [2.45, 2.75) is 18.9 Å². The Kier molecular flexibility index (Phi) is 5.94. The van der Waals surface area contributed by atoms with Gasteiger partial charge >= 0.3 is 0 Å². The van der Waals surface area contributed by atoms with Gasteiger partial charge in [-0.15, -0.1) is 11.3 Å². The van der Waals surface area contributed by atoms with E-state index in [4.69, 9.17) is 0 Å². The van der Waals surface area contributed by atoms with Crippen LogP contribution in [0.3, 0.4) is 0 Å². The van der Waals surface area contributed by atoms with E-state index in [1.165, 1.54) is 23.5 Å². The van der Waals surface area contributed by atoms with Crippen LogP contribution < -0.4 is 5.32 Å². The van der Waals surface area contributed by atoms with Crippen molar-refractivity contribution in [2.24, 2.45) is 13.0 Å². The number of piperidine rings is 1. The van der Waals surface area contributed by atoms with E-state index in [2.05, 4.69) is 10.3 Å². The molecule has 30 heavy (non-hydrogen) atoms. The van der Waals surface area contributed by atoms with Crippen LogP contribution >= 0.6 is 11.3 Å². The number of halogens is 1. The topological polar surface area (TPSA) is 67.2 Å². The monoisotopic (exact) mass is 426 g/mol. The Bertz CT molecular complexity index is 1030. The smallest absolute Gasteiger partial charge is 0.263 e. The number of thiophene rings is 1. The van der Waals surface area contributed by atoms with Crippen molar-refractivity contribution in [2.75, 3.05) is 13.1 Å². The highest BCUT2D eigenvalue weighted by Gasteiger charge is 2.31. The third-order valence-electron chi connectivity index (χ3n) is 5.40. The second-order valence-electron chi connectivity index (χ2n) is 7.46. The number of carbonyl (C=O) groups is 2. The maximum absolute atomic E-state index is 13.9. The lowest BCUT2D eigenvalue weighted by Gasteiger charge is -2.32. The van der Waals surface area contributed by atoms with E-state index in [0.29, 0.717) is 35.8 Å². The average molecular weight is 427 g/mol. The molecule has 3 aromatic rings. The van der Waals surface area contributed by atoms with E-state index in [1.807, 2.05) is 23.1 Å². The van der Waals surface area contributed by atoms with Gasteiger partial charge in [0, 0.05) is 32.5 Å². The number of likely N-dealkylation sites (tertiary alicyclic amines) is 1. The number of aromatic nitrogens is 2. The first kappa shape index (κ1) is 20.3. The van der Waals surface area contributed by atoms with Crippen LogP contribution in [0, 0.1) is 11.7 Å². The number of nitrogens with zero attached hydrogens (tertiary/aromatic N) is 3. The molecule has 156 valence electrons. The average Bonchev–Trinajstić information content (AvgIpc) is 3.43. The molecule has 1 fully saturated rings. The first-order valence-electron chi connectivity index (χ1n) is 9.89. The maximum atomic E-state index is 13.9. The Morgan fingerprint density at radius 3 is 2.87 bits per heavy atom. The van der Waals surface area contributed by atoms with Crippen molar-refractivity contribution in [1.29, 1.82) is 0 Å². The molecule has 1 aromatic carbocycles. The first-order chi connectivity index (χ1) is 14.5. The summed E-state index contributed by atoms with van der Waals surface area (Å²) in [4.78, 5) is 32.6. The fourth-order valence-electron chi connectivity index (χ4n) is 3.83. The Hall–Kier alpha value is -3.00. The zero-order valence-corrected chi connectivity index (χ0v) is 17.4. The van der Waals surface area contributed by atoms with Gasteiger partial charge in [0.2, 0.25) is 5.91 Å². The lowest BCUT2D eigenvalue weighted by atomic mass is 9.95. The van der Waals surface area contributed by atoms with Gasteiger partial charge in [-0.3, -0.25) is 9.59 Å². The minimum absolute atomic E-state index is 0.0340. The number of hydrogen-bond donors (Lipinski definition) is 1. The predicted molar refractivity (Wildman–Crippen MR) is 113 cm³/mol. The number of benzene rings is 1. The molecule has 1 aliphatic rings. The molecule has 2 aromatic heterocycles. The number of rotatable bonds is 5. The summed E-state index contributed by atoms with van der Waals surface area (Å²) in [6.07, 6.45) is 4.91. The minimum Gasteiger partial charge on any atom is -0.342 e. The van der Waals surface area contributed by atoms with Gasteiger partial charge in [0.25, 0.3) is 5.91 Å². The molecule has 1 aliphatic heterocycles. The zero-order valence-electron chi connectivity index (χ0n) is 16.6. The molecule has 0 unspecified atom stereocenters. The quantitative estimate of drug-likeness (QED) is 0.680. The minimum atomic E-state index is -0.573. The number of amides is 2. The molecule has 0 radical (unpaired) electrons. The van der Waals surface area contributed by atoms with Crippen molar-refractivity contribution >= 4 is 23.2 Å². The van der Waals surface area contributed by atoms with Crippen LogP contribution in [0.4, 0.5) is 4.39 Å². The second-order valence-corrected chi connectivity index (χ2v) is 8.41. The normalized spacial score (nSPS) is 17.5. The van der Waals surface area contributed by atoms with Crippen LogP contribution in [0.25, 0.3) is 0 Å². The van der Waals surface area contributed by atoms with Crippen LogP contribution in [0.1, 0.15) is 39.9 Å². The van der Waals surface area contributed by atoms with E-state index in [-0.39, 0.29) is 23.5 Å². The number of hydrogen-bond acceptors (Lipinski definition) is 4. The number of imidazole rings is 1. The van der Waals surface area contributed by atoms with Crippen molar-refractivity contribution < 1.29 is 14.0 Å². The number of nitrogens with one attached hydrogen (secondary N) is 1. The summed E-state index contributed by atoms with van der Waals surface area (Å²) in [5.74, 6) is -0.258. The van der Waals surface area contributed by atoms with Crippen molar-refractivity contribution in [3.63, 3.8) is 0 Å². The van der Waals surface area contributed by atoms with Gasteiger partial charge in [0.15, 0.2) is 0 Å². The molecule has 8 heteroatoms. The van der Waals surface area contributed by atoms with E-state index >= 15 is 0 Å². The van der Waals surface area contributed by atoms with Gasteiger partial charge in [-0.1, -0.05) is 18.2 Å². The van der Waals surface area contributed by atoms with Crippen LogP contribution in [-0.2, 0) is 11.8 Å². The van der Waals surface area contributed by atoms with Crippen LogP contribution in [0.2, 0.25) is 0 Å². The van der Waals surface area contributed by atoms with Crippen molar-refractivity contribution in [3.8, 4) is 0 Å².